The van der Waals surface area contributed by atoms with Gasteiger partial charge in [0, 0.05) is 56.1 Å². The Morgan fingerprint density at radius 1 is 0.875 bits per heavy atom. The lowest BCUT2D eigenvalue weighted by atomic mass is 9.97. The van der Waals surface area contributed by atoms with Crippen molar-refractivity contribution in [3.05, 3.63) is 101 Å². The molecule has 0 radical (unpaired) electrons. The molecule has 3 heterocycles. The van der Waals surface area contributed by atoms with E-state index in [2.05, 4.69) is 50.1 Å². The summed E-state index contributed by atoms with van der Waals surface area (Å²) in [4.78, 5) is 13.9. The molecular weight excluding hydrogens is 420 g/mol. The minimum Gasteiger partial charge on any atom is -0.505 e. The molecule has 0 amide bonds. The van der Waals surface area contributed by atoms with Gasteiger partial charge in [-0.3, -0.25) is 19.8 Å². The standard InChI is InChI=1S/C26H25ClN4O/c27-22-17-21(26(32)24-20(22)9-6-12-29-24)25(23-10-4-5-11-28-23)31-15-13-30(14-16-31)18-19-7-2-1-3-8-19/h1-12,17,25,32H,13-16,18H2. The first kappa shape index (κ1) is 20.9. The third-order valence-electron chi connectivity index (χ3n) is 6.13. The van der Waals surface area contributed by atoms with Crippen molar-refractivity contribution >= 4 is 22.5 Å². The lowest BCUT2D eigenvalue weighted by Crippen LogP contribution is -2.47. The maximum absolute atomic E-state index is 11.2. The molecule has 1 fully saturated rings. The molecule has 32 heavy (non-hydrogen) atoms. The fraction of sp³-hybridized carbons (Fsp3) is 0.231. The largest absolute Gasteiger partial charge is 0.505 e. The molecule has 1 N–H and O–H groups in total. The molecule has 1 aliphatic heterocycles. The maximum Gasteiger partial charge on any atom is 0.147 e. The topological polar surface area (TPSA) is 52.5 Å². The van der Waals surface area contributed by atoms with E-state index in [-0.39, 0.29) is 11.8 Å². The van der Waals surface area contributed by atoms with Crippen LogP contribution in [0.3, 0.4) is 0 Å². The molecule has 5 nitrogen and oxygen atoms in total. The summed E-state index contributed by atoms with van der Waals surface area (Å²) in [6.45, 7) is 4.56. The fourth-order valence-corrected chi connectivity index (χ4v) is 4.79. The second kappa shape index (κ2) is 9.25. The van der Waals surface area contributed by atoms with Crippen molar-refractivity contribution in [2.45, 2.75) is 12.6 Å². The number of phenols is 1. The van der Waals surface area contributed by atoms with Gasteiger partial charge in [-0.1, -0.05) is 48.0 Å². The summed E-state index contributed by atoms with van der Waals surface area (Å²) in [5.41, 5.74) is 3.49. The van der Waals surface area contributed by atoms with Gasteiger partial charge in [-0.05, 0) is 35.9 Å². The molecule has 4 aromatic rings. The minimum atomic E-state index is -0.195. The Bertz CT molecular complexity index is 1190. The number of piperazine rings is 1. The third-order valence-corrected chi connectivity index (χ3v) is 6.44. The molecule has 1 unspecified atom stereocenters. The number of benzene rings is 2. The Labute approximate surface area is 192 Å². The molecule has 5 rings (SSSR count). The number of hydrogen-bond donors (Lipinski definition) is 1. The molecule has 0 bridgehead atoms. The van der Waals surface area contributed by atoms with E-state index >= 15 is 0 Å². The predicted octanol–water partition coefficient (Wildman–Crippen LogP) is 4.90. The minimum absolute atomic E-state index is 0.173. The number of rotatable bonds is 5. The number of aromatic nitrogens is 2. The Morgan fingerprint density at radius 2 is 1.62 bits per heavy atom. The van der Waals surface area contributed by atoms with Crippen molar-refractivity contribution in [3.8, 4) is 5.75 Å². The Kier molecular flexibility index (Phi) is 6.04. The van der Waals surface area contributed by atoms with Gasteiger partial charge in [0.05, 0.1) is 16.8 Å². The highest BCUT2D eigenvalue weighted by Crippen LogP contribution is 2.40. The van der Waals surface area contributed by atoms with E-state index < -0.39 is 0 Å². The quantitative estimate of drug-likeness (QED) is 0.474. The van der Waals surface area contributed by atoms with Crippen LogP contribution in [0.15, 0.2) is 79.1 Å². The van der Waals surface area contributed by atoms with Gasteiger partial charge in [0.1, 0.15) is 11.3 Å². The summed E-state index contributed by atoms with van der Waals surface area (Å²) in [7, 11) is 0. The summed E-state index contributed by atoms with van der Waals surface area (Å²) < 4.78 is 0. The molecule has 1 aliphatic rings. The van der Waals surface area contributed by atoms with E-state index in [4.69, 9.17) is 11.6 Å². The molecule has 1 atom stereocenters. The second-order valence-corrected chi connectivity index (χ2v) is 8.56. The van der Waals surface area contributed by atoms with Crippen LogP contribution < -0.4 is 0 Å². The van der Waals surface area contributed by atoms with Crippen LogP contribution in [0.2, 0.25) is 5.02 Å². The highest BCUT2D eigenvalue weighted by molar-refractivity contribution is 6.35. The van der Waals surface area contributed by atoms with Gasteiger partial charge in [0.25, 0.3) is 0 Å². The van der Waals surface area contributed by atoms with Gasteiger partial charge in [-0.2, -0.15) is 0 Å². The first-order valence-corrected chi connectivity index (χ1v) is 11.3. The van der Waals surface area contributed by atoms with Crippen LogP contribution in [0.5, 0.6) is 5.75 Å². The van der Waals surface area contributed by atoms with Gasteiger partial charge < -0.3 is 5.11 Å². The van der Waals surface area contributed by atoms with Crippen LogP contribution >= 0.6 is 11.6 Å². The summed E-state index contributed by atoms with van der Waals surface area (Å²) in [5, 5.41) is 12.5. The molecule has 0 saturated carbocycles. The molecular formula is C26H25ClN4O. The Hall–Kier alpha value is -2.99. The van der Waals surface area contributed by atoms with Crippen LogP contribution in [-0.4, -0.2) is 51.1 Å². The van der Waals surface area contributed by atoms with Crippen LogP contribution in [0.1, 0.15) is 22.9 Å². The molecule has 0 aliphatic carbocycles. The first-order valence-electron chi connectivity index (χ1n) is 10.9. The number of aromatic hydroxyl groups is 1. The first-order chi connectivity index (χ1) is 15.7. The molecule has 6 heteroatoms. The monoisotopic (exact) mass is 444 g/mol. The van der Waals surface area contributed by atoms with Crippen LogP contribution in [0.25, 0.3) is 10.9 Å². The Balaban J connectivity index is 1.46. The number of phenolic OH excluding ortho intramolecular Hbond substituents is 1. The summed E-state index contributed by atoms with van der Waals surface area (Å²) in [6.07, 6.45) is 3.48. The van der Waals surface area contributed by atoms with Gasteiger partial charge >= 0.3 is 0 Å². The van der Waals surface area contributed by atoms with Crippen molar-refractivity contribution in [2.75, 3.05) is 26.2 Å². The van der Waals surface area contributed by atoms with Crippen molar-refractivity contribution in [3.63, 3.8) is 0 Å². The summed E-state index contributed by atoms with van der Waals surface area (Å²) >= 11 is 6.62. The second-order valence-electron chi connectivity index (χ2n) is 8.15. The SMILES string of the molecule is Oc1c(C(c2ccccn2)N2CCN(Cc3ccccc3)CC2)cc(Cl)c2cccnc12. The van der Waals surface area contributed by atoms with Crippen molar-refractivity contribution < 1.29 is 5.11 Å². The Morgan fingerprint density at radius 3 is 2.38 bits per heavy atom. The zero-order valence-corrected chi connectivity index (χ0v) is 18.5. The molecule has 2 aromatic carbocycles. The number of fused-ring (bicyclic) bond motifs is 1. The fourth-order valence-electron chi connectivity index (χ4n) is 4.52. The number of hydrogen-bond acceptors (Lipinski definition) is 5. The van der Waals surface area contributed by atoms with Gasteiger partial charge in [0.2, 0.25) is 0 Å². The van der Waals surface area contributed by atoms with Gasteiger partial charge in [-0.25, -0.2) is 0 Å². The van der Waals surface area contributed by atoms with Crippen molar-refractivity contribution in [1.82, 2.24) is 19.8 Å². The van der Waals surface area contributed by atoms with E-state index in [0.717, 1.165) is 49.4 Å². The normalized spacial score (nSPS) is 16.3. The smallest absolute Gasteiger partial charge is 0.147 e. The van der Waals surface area contributed by atoms with E-state index in [1.807, 2.05) is 36.4 Å². The number of halogens is 1. The van der Waals surface area contributed by atoms with Crippen molar-refractivity contribution in [2.24, 2.45) is 0 Å². The summed E-state index contributed by atoms with van der Waals surface area (Å²) in [5.74, 6) is 0.173. The molecule has 162 valence electrons. The van der Waals surface area contributed by atoms with E-state index in [0.29, 0.717) is 10.5 Å². The maximum atomic E-state index is 11.2. The molecule has 0 spiro atoms. The van der Waals surface area contributed by atoms with Crippen LogP contribution in [0.4, 0.5) is 0 Å². The summed E-state index contributed by atoms with van der Waals surface area (Å²) in [6, 6.07) is 21.9. The van der Waals surface area contributed by atoms with Gasteiger partial charge in [-0.15, -0.1) is 0 Å². The number of pyridine rings is 2. The zero-order chi connectivity index (χ0) is 21.9. The van der Waals surface area contributed by atoms with E-state index in [9.17, 15) is 5.11 Å². The average molecular weight is 445 g/mol. The van der Waals surface area contributed by atoms with Crippen molar-refractivity contribution in [1.29, 1.82) is 0 Å². The van der Waals surface area contributed by atoms with E-state index in [1.54, 1.807) is 12.4 Å². The third kappa shape index (κ3) is 4.19. The number of nitrogens with zero attached hydrogens (tertiary/aromatic N) is 4. The lowest BCUT2D eigenvalue weighted by Gasteiger charge is -2.39. The van der Waals surface area contributed by atoms with Crippen LogP contribution in [-0.2, 0) is 6.54 Å². The zero-order valence-electron chi connectivity index (χ0n) is 17.7. The van der Waals surface area contributed by atoms with E-state index in [1.165, 1.54) is 5.56 Å². The molecule has 1 saturated heterocycles. The lowest BCUT2D eigenvalue weighted by molar-refractivity contribution is 0.102. The molecule has 2 aromatic heterocycles. The highest BCUT2D eigenvalue weighted by Gasteiger charge is 2.30. The predicted molar refractivity (Wildman–Crippen MR) is 128 cm³/mol. The highest BCUT2D eigenvalue weighted by atomic mass is 35.5. The van der Waals surface area contributed by atoms with Gasteiger partial charge in [0.15, 0.2) is 0 Å². The van der Waals surface area contributed by atoms with Crippen LogP contribution in [0, 0.1) is 0 Å². The average Bonchev–Trinajstić information content (AvgIpc) is 2.85.